The van der Waals surface area contributed by atoms with Crippen LogP contribution in [0.15, 0.2) is 0 Å². The molecule has 0 bridgehead atoms. The van der Waals surface area contributed by atoms with Gasteiger partial charge in [-0.05, 0) is 69.6 Å². The Balaban J connectivity index is 0.000000159. The third kappa shape index (κ3) is 7.36. The van der Waals surface area contributed by atoms with Crippen molar-refractivity contribution in [2.75, 3.05) is 26.4 Å². The molecule has 0 aromatic heterocycles. The van der Waals surface area contributed by atoms with E-state index >= 15 is 0 Å². The highest BCUT2D eigenvalue weighted by molar-refractivity contribution is 4.78. The van der Waals surface area contributed by atoms with Gasteiger partial charge in [-0.3, -0.25) is 0 Å². The maximum Gasteiger partial charge on any atom is 0.104 e. The van der Waals surface area contributed by atoms with Crippen molar-refractivity contribution in [2.24, 2.45) is 11.8 Å². The zero-order valence-corrected chi connectivity index (χ0v) is 14.8. The van der Waals surface area contributed by atoms with Gasteiger partial charge in [-0.2, -0.15) is 0 Å². The first-order chi connectivity index (χ1) is 11.7. The fourth-order valence-corrected chi connectivity index (χ4v) is 3.89. The van der Waals surface area contributed by atoms with E-state index in [9.17, 15) is 10.2 Å². The smallest absolute Gasteiger partial charge is 0.104 e. The lowest BCUT2D eigenvalue weighted by molar-refractivity contribution is 0.0803. The van der Waals surface area contributed by atoms with Gasteiger partial charge in [-0.1, -0.05) is 0 Å². The van der Waals surface area contributed by atoms with Crippen LogP contribution >= 0.6 is 0 Å². The maximum atomic E-state index is 9.43. The van der Waals surface area contributed by atoms with Gasteiger partial charge in [0.2, 0.25) is 0 Å². The van der Waals surface area contributed by atoms with Crippen LogP contribution in [0.3, 0.4) is 0 Å². The lowest BCUT2D eigenvalue weighted by Gasteiger charge is -2.31. The van der Waals surface area contributed by atoms with Crippen molar-refractivity contribution in [2.45, 2.75) is 82.2 Å². The molecule has 24 heavy (non-hydrogen) atoms. The standard InChI is InChI=1S/C13H24O2.C6H10O3/c14-12-5-1-10(2-6-12)9-11-3-7-13(15)8-4-11;1(5-3-8-5)7-2-6-4-9-6/h10-15H,1-9H2;5-6H,1-4H2. The van der Waals surface area contributed by atoms with Crippen molar-refractivity contribution in [1.29, 1.82) is 0 Å². The molecule has 4 fully saturated rings. The molecule has 2 unspecified atom stereocenters. The van der Waals surface area contributed by atoms with Crippen LogP contribution in [0.25, 0.3) is 0 Å². The largest absolute Gasteiger partial charge is 0.393 e. The van der Waals surface area contributed by atoms with E-state index in [2.05, 4.69) is 0 Å². The van der Waals surface area contributed by atoms with E-state index in [1.807, 2.05) is 0 Å². The molecule has 4 rings (SSSR count). The summed E-state index contributed by atoms with van der Waals surface area (Å²) in [5, 5.41) is 18.9. The van der Waals surface area contributed by atoms with Crippen LogP contribution in [0, 0.1) is 11.8 Å². The molecule has 5 heteroatoms. The van der Waals surface area contributed by atoms with Gasteiger partial charge in [0.15, 0.2) is 0 Å². The molecule has 2 heterocycles. The zero-order chi connectivity index (χ0) is 16.8. The molecule has 2 aliphatic heterocycles. The van der Waals surface area contributed by atoms with Crippen molar-refractivity contribution < 1.29 is 24.4 Å². The van der Waals surface area contributed by atoms with Crippen molar-refractivity contribution in [1.82, 2.24) is 0 Å². The fraction of sp³-hybridized carbons (Fsp3) is 1.00. The highest BCUT2D eigenvalue weighted by Crippen LogP contribution is 2.35. The van der Waals surface area contributed by atoms with Gasteiger partial charge in [0.05, 0.1) is 38.6 Å². The summed E-state index contributed by atoms with van der Waals surface area (Å²) in [5.74, 6) is 1.71. The SMILES string of the molecule is C(OCC1CO1)C1CO1.OC1CCC(CC2CCC(O)CC2)CC1. The Bertz CT molecular complexity index is 308. The van der Waals surface area contributed by atoms with Crippen molar-refractivity contribution in [3.8, 4) is 0 Å². The number of aliphatic hydroxyl groups is 2. The monoisotopic (exact) mass is 342 g/mol. The summed E-state index contributed by atoms with van der Waals surface area (Å²) >= 11 is 0. The summed E-state index contributed by atoms with van der Waals surface area (Å²) < 4.78 is 15.1. The molecule has 0 amide bonds. The lowest BCUT2D eigenvalue weighted by atomic mass is 9.76. The number of rotatable bonds is 6. The van der Waals surface area contributed by atoms with Gasteiger partial charge in [-0.25, -0.2) is 0 Å². The Hall–Kier alpha value is -0.200. The van der Waals surface area contributed by atoms with E-state index in [0.29, 0.717) is 12.2 Å². The minimum Gasteiger partial charge on any atom is -0.393 e. The van der Waals surface area contributed by atoms with Gasteiger partial charge in [0.1, 0.15) is 12.2 Å². The Kier molecular flexibility index (Phi) is 7.35. The van der Waals surface area contributed by atoms with E-state index in [-0.39, 0.29) is 12.2 Å². The Morgan fingerprint density at radius 2 is 1.04 bits per heavy atom. The first kappa shape index (κ1) is 18.6. The first-order valence-electron chi connectivity index (χ1n) is 9.86. The minimum atomic E-state index is -0.0190. The van der Waals surface area contributed by atoms with Crippen molar-refractivity contribution in [3.63, 3.8) is 0 Å². The van der Waals surface area contributed by atoms with E-state index in [0.717, 1.165) is 63.9 Å². The minimum absolute atomic E-state index is 0.0190. The summed E-state index contributed by atoms with van der Waals surface area (Å²) in [5.41, 5.74) is 0. The molecule has 0 spiro atoms. The average Bonchev–Trinajstić information content (AvgIpc) is 3.48. The number of aliphatic hydroxyl groups excluding tert-OH is 2. The van der Waals surface area contributed by atoms with E-state index < -0.39 is 0 Å². The van der Waals surface area contributed by atoms with E-state index in [4.69, 9.17) is 14.2 Å². The molecule has 0 radical (unpaired) electrons. The lowest BCUT2D eigenvalue weighted by Crippen LogP contribution is -2.23. The van der Waals surface area contributed by atoms with Gasteiger partial charge >= 0.3 is 0 Å². The molecule has 2 saturated heterocycles. The number of epoxide rings is 2. The van der Waals surface area contributed by atoms with Gasteiger partial charge in [-0.15, -0.1) is 0 Å². The number of hydrogen-bond donors (Lipinski definition) is 2. The Labute approximate surface area is 145 Å². The van der Waals surface area contributed by atoms with E-state index in [1.165, 1.54) is 32.1 Å². The molecule has 0 aromatic carbocycles. The Morgan fingerprint density at radius 3 is 1.38 bits per heavy atom. The highest BCUT2D eigenvalue weighted by atomic mass is 16.6. The maximum absolute atomic E-state index is 9.43. The van der Waals surface area contributed by atoms with Crippen molar-refractivity contribution >= 4 is 0 Å². The molecule has 0 aromatic rings. The Morgan fingerprint density at radius 1 is 0.667 bits per heavy atom. The molecule has 2 atom stereocenters. The van der Waals surface area contributed by atoms with Gasteiger partial charge in [0.25, 0.3) is 0 Å². The predicted octanol–water partition coefficient (Wildman–Crippen LogP) is 2.28. The molecule has 2 N–H and O–H groups in total. The third-order valence-corrected chi connectivity index (χ3v) is 5.71. The molecule has 2 saturated carbocycles. The van der Waals surface area contributed by atoms with E-state index in [1.54, 1.807) is 0 Å². The molecule has 140 valence electrons. The quantitative estimate of drug-likeness (QED) is 0.725. The van der Waals surface area contributed by atoms with Crippen molar-refractivity contribution in [3.05, 3.63) is 0 Å². The summed E-state index contributed by atoms with van der Waals surface area (Å²) in [6, 6.07) is 0. The zero-order valence-electron chi connectivity index (χ0n) is 14.8. The summed E-state index contributed by atoms with van der Waals surface area (Å²) in [4.78, 5) is 0. The molecule has 4 aliphatic rings. The fourth-order valence-electron chi connectivity index (χ4n) is 3.89. The summed E-state index contributed by atoms with van der Waals surface area (Å²) in [6.45, 7) is 3.26. The third-order valence-electron chi connectivity index (χ3n) is 5.71. The average molecular weight is 342 g/mol. The van der Waals surface area contributed by atoms with Crippen LogP contribution < -0.4 is 0 Å². The van der Waals surface area contributed by atoms with Crippen LogP contribution in [0.4, 0.5) is 0 Å². The molecular formula is C19H34O5. The molecule has 2 aliphatic carbocycles. The highest BCUT2D eigenvalue weighted by Gasteiger charge is 2.27. The predicted molar refractivity (Wildman–Crippen MR) is 90.8 cm³/mol. The van der Waals surface area contributed by atoms with Crippen LogP contribution in [0.5, 0.6) is 0 Å². The normalized spacial score (nSPS) is 41.2. The molecular weight excluding hydrogens is 308 g/mol. The molecule has 5 nitrogen and oxygen atoms in total. The number of hydrogen-bond acceptors (Lipinski definition) is 5. The van der Waals surface area contributed by atoms with Gasteiger partial charge < -0.3 is 24.4 Å². The van der Waals surface area contributed by atoms with Gasteiger partial charge in [0, 0.05) is 0 Å². The number of ether oxygens (including phenoxy) is 3. The topological polar surface area (TPSA) is 74.8 Å². The second kappa shape index (κ2) is 9.48. The van der Waals surface area contributed by atoms with Crippen LogP contribution in [0.1, 0.15) is 57.8 Å². The summed E-state index contributed by atoms with van der Waals surface area (Å²) in [6.07, 6.45) is 11.0. The van der Waals surface area contributed by atoms with Crippen LogP contribution in [0.2, 0.25) is 0 Å². The second-order valence-electron chi connectivity index (χ2n) is 8.03. The second-order valence-corrected chi connectivity index (χ2v) is 8.03. The van der Waals surface area contributed by atoms with Crippen LogP contribution in [-0.2, 0) is 14.2 Å². The summed E-state index contributed by atoms with van der Waals surface area (Å²) in [7, 11) is 0. The first-order valence-corrected chi connectivity index (χ1v) is 9.86. The van der Waals surface area contributed by atoms with Crippen LogP contribution in [-0.4, -0.2) is 61.1 Å².